The van der Waals surface area contributed by atoms with Crippen LogP contribution in [0.2, 0.25) is 0 Å². The first-order valence-electron chi connectivity index (χ1n) is 4.52. The summed E-state index contributed by atoms with van der Waals surface area (Å²) in [5.41, 5.74) is 2.00. The molecule has 0 radical (unpaired) electrons. The molecule has 0 fully saturated rings. The summed E-state index contributed by atoms with van der Waals surface area (Å²) >= 11 is 0. The van der Waals surface area contributed by atoms with Crippen LogP contribution in [0.15, 0.2) is 24.3 Å². The molecule has 5 heteroatoms. The molecule has 0 bridgehead atoms. The molecule has 15 heavy (non-hydrogen) atoms. The maximum Gasteiger partial charge on any atom is 0.209 e. The monoisotopic (exact) mass is 229 g/mol. The van der Waals surface area contributed by atoms with Crippen LogP contribution in [-0.4, -0.2) is 21.8 Å². The molecule has 0 aliphatic carbocycles. The van der Waals surface area contributed by atoms with Gasteiger partial charge in [0.1, 0.15) is 0 Å². The molecule has 0 aliphatic rings. The molecule has 1 N–H and O–H groups in total. The largest absolute Gasteiger partial charge is 0.380 e. The van der Waals surface area contributed by atoms with E-state index in [1.54, 1.807) is 7.11 Å². The molecule has 0 atom stereocenters. The van der Waals surface area contributed by atoms with Crippen molar-refractivity contribution in [2.75, 3.05) is 13.4 Å². The Bertz CT molecular complexity index is 397. The predicted molar refractivity (Wildman–Crippen MR) is 58.8 cm³/mol. The maximum atomic E-state index is 10.8. The fraction of sp³-hybridized carbons (Fsp3) is 0.400. The van der Waals surface area contributed by atoms with Gasteiger partial charge in [-0.15, -0.1) is 0 Å². The van der Waals surface area contributed by atoms with Gasteiger partial charge in [-0.05, 0) is 11.1 Å². The number of hydrogen-bond donors (Lipinski definition) is 1. The smallest absolute Gasteiger partial charge is 0.209 e. The van der Waals surface area contributed by atoms with Crippen molar-refractivity contribution < 1.29 is 13.2 Å². The normalized spacial score (nSPS) is 11.6. The van der Waals surface area contributed by atoms with Crippen molar-refractivity contribution in [3.8, 4) is 0 Å². The molecule has 0 heterocycles. The number of sulfonamides is 1. The van der Waals surface area contributed by atoms with Gasteiger partial charge >= 0.3 is 0 Å². The van der Waals surface area contributed by atoms with Gasteiger partial charge in [-0.3, -0.25) is 0 Å². The quantitative estimate of drug-likeness (QED) is 0.815. The van der Waals surface area contributed by atoms with E-state index < -0.39 is 10.0 Å². The molecule has 0 spiro atoms. The number of hydrogen-bond acceptors (Lipinski definition) is 3. The van der Waals surface area contributed by atoms with E-state index in [4.69, 9.17) is 4.74 Å². The van der Waals surface area contributed by atoms with Crippen LogP contribution in [0, 0.1) is 0 Å². The lowest BCUT2D eigenvalue weighted by Gasteiger charge is -2.04. The minimum Gasteiger partial charge on any atom is -0.380 e. The highest BCUT2D eigenvalue weighted by Gasteiger charge is 2.00. The second-order valence-electron chi connectivity index (χ2n) is 3.34. The molecule has 84 valence electrons. The summed E-state index contributed by atoms with van der Waals surface area (Å²) in [6, 6.07) is 7.60. The number of ether oxygens (including phenoxy) is 1. The molecule has 0 saturated heterocycles. The van der Waals surface area contributed by atoms with E-state index in [2.05, 4.69) is 4.72 Å². The van der Waals surface area contributed by atoms with E-state index in [1.165, 1.54) is 0 Å². The Labute approximate surface area is 90.3 Å². The summed E-state index contributed by atoms with van der Waals surface area (Å²) in [6.07, 6.45) is 1.15. The first-order chi connectivity index (χ1) is 7.01. The van der Waals surface area contributed by atoms with E-state index in [-0.39, 0.29) is 0 Å². The molecule has 4 nitrogen and oxygen atoms in total. The first kappa shape index (κ1) is 12.2. The standard InChI is InChI=1S/C10H15NO3S/c1-14-8-10-5-3-9(4-6-10)7-11-15(2,12)13/h3-6,11H,7-8H2,1-2H3. The van der Waals surface area contributed by atoms with Gasteiger partial charge in [0.05, 0.1) is 12.9 Å². The van der Waals surface area contributed by atoms with E-state index in [0.29, 0.717) is 13.2 Å². The summed E-state index contributed by atoms with van der Waals surface area (Å²) in [5.74, 6) is 0. The Morgan fingerprint density at radius 2 is 1.73 bits per heavy atom. The Balaban J connectivity index is 2.57. The predicted octanol–water partition coefficient (Wildman–Crippen LogP) is 0.882. The van der Waals surface area contributed by atoms with E-state index in [0.717, 1.165) is 17.4 Å². The minimum absolute atomic E-state index is 0.325. The van der Waals surface area contributed by atoms with Gasteiger partial charge in [0, 0.05) is 13.7 Å². The van der Waals surface area contributed by atoms with Crippen molar-refractivity contribution in [3.05, 3.63) is 35.4 Å². The molecule has 0 aliphatic heterocycles. The highest BCUT2D eigenvalue weighted by atomic mass is 32.2. The molecular weight excluding hydrogens is 214 g/mol. The van der Waals surface area contributed by atoms with Crippen molar-refractivity contribution in [3.63, 3.8) is 0 Å². The Kier molecular flexibility index (Phi) is 4.26. The Morgan fingerprint density at radius 3 is 2.20 bits per heavy atom. The molecule has 1 aromatic rings. The third-order valence-electron chi connectivity index (χ3n) is 1.87. The maximum absolute atomic E-state index is 10.8. The molecular formula is C10H15NO3S. The van der Waals surface area contributed by atoms with Crippen LogP contribution < -0.4 is 4.72 Å². The third-order valence-corrected chi connectivity index (χ3v) is 2.54. The van der Waals surface area contributed by atoms with Crippen molar-refractivity contribution in [1.82, 2.24) is 4.72 Å². The minimum atomic E-state index is -3.12. The molecule has 0 amide bonds. The average Bonchev–Trinajstić information content (AvgIpc) is 2.16. The number of nitrogens with one attached hydrogen (secondary N) is 1. The summed E-state index contributed by atoms with van der Waals surface area (Å²) in [5, 5.41) is 0. The summed E-state index contributed by atoms with van der Waals surface area (Å²) in [4.78, 5) is 0. The molecule has 1 rings (SSSR count). The van der Waals surface area contributed by atoms with Gasteiger partial charge in [0.25, 0.3) is 0 Å². The van der Waals surface area contributed by atoms with E-state index >= 15 is 0 Å². The Morgan fingerprint density at radius 1 is 1.20 bits per heavy atom. The van der Waals surface area contributed by atoms with Gasteiger partial charge in [-0.1, -0.05) is 24.3 Å². The summed E-state index contributed by atoms with van der Waals surface area (Å²) in [7, 11) is -1.48. The van der Waals surface area contributed by atoms with Crippen LogP contribution in [-0.2, 0) is 27.9 Å². The van der Waals surface area contributed by atoms with Gasteiger partial charge in [-0.25, -0.2) is 13.1 Å². The topological polar surface area (TPSA) is 55.4 Å². The van der Waals surface area contributed by atoms with E-state index in [9.17, 15) is 8.42 Å². The van der Waals surface area contributed by atoms with Gasteiger partial charge < -0.3 is 4.74 Å². The second-order valence-corrected chi connectivity index (χ2v) is 5.18. The highest BCUT2D eigenvalue weighted by molar-refractivity contribution is 7.88. The number of methoxy groups -OCH3 is 1. The van der Waals surface area contributed by atoms with Crippen molar-refractivity contribution in [1.29, 1.82) is 0 Å². The van der Waals surface area contributed by atoms with Gasteiger partial charge in [-0.2, -0.15) is 0 Å². The van der Waals surface area contributed by atoms with Crippen LogP contribution in [0.4, 0.5) is 0 Å². The van der Waals surface area contributed by atoms with E-state index in [1.807, 2.05) is 24.3 Å². The zero-order valence-electron chi connectivity index (χ0n) is 8.86. The third kappa shape index (κ3) is 4.92. The SMILES string of the molecule is COCc1ccc(CNS(C)(=O)=O)cc1. The number of benzene rings is 1. The van der Waals surface area contributed by atoms with Gasteiger partial charge in [0.15, 0.2) is 0 Å². The van der Waals surface area contributed by atoms with Crippen LogP contribution >= 0.6 is 0 Å². The van der Waals surface area contributed by atoms with Crippen molar-refractivity contribution in [2.45, 2.75) is 13.2 Å². The molecule has 0 saturated carbocycles. The van der Waals surface area contributed by atoms with Crippen LogP contribution in [0.1, 0.15) is 11.1 Å². The van der Waals surface area contributed by atoms with Crippen LogP contribution in [0.5, 0.6) is 0 Å². The lowest BCUT2D eigenvalue weighted by Crippen LogP contribution is -2.21. The summed E-state index contributed by atoms with van der Waals surface area (Å²) in [6.45, 7) is 0.895. The zero-order chi connectivity index (χ0) is 11.3. The first-order valence-corrected chi connectivity index (χ1v) is 6.42. The molecule has 0 unspecified atom stereocenters. The fourth-order valence-corrected chi connectivity index (χ4v) is 1.56. The van der Waals surface area contributed by atoms with Crippen LogP contribution in [0.3, 0.4) is 0 Å². The fourth-order valence-electron chi connectivity index (χ4n) is 1.13. The summed E-state index contributed by atoms with van der Waals surface area (Å²) < 4.78 is 29.1. The molecule has 0 aromatic heterocycles. The Hall–Kier alpha value is -0.910. The average molecular weight is 229 g/mol. The van der Waals surface area contributed by atoms with Crippen molar-refractivity contribution >= 4 is 10.0 Å². The second kappa shape index (κ2) is 5.25. The lowest BCUT2D eigenvalue weighted by molar-refractivity contribution is 0.185. The lowest BCUT2D eigenvalue weighted by atomic mass is 10.1. The van der Waals surface area contributed by atoms with Crippen molar-refractivity contribution in [2.24, 2.45) is 0 Å². The number of rotatable bonds is 5. The molecule has 1 aromatic carbocycles. The van der Waals surface area contributed by atoms with Gasteiger partial charge in [0.2, 0.25) is 10.0 Å². The highest BCUT2D eigenvalue weighted by Crippen LogP contribution is 2.05. The van der Waals surface area contributed by atoms with Crippen LogP contribution in [0.25, 0.3) is 0 Å². The zero-order valence-corrected chi connectivity index (χ0v) is 9.67.